The average Bonchev–Trinajstić information content (AvgIpc) is 2.39. The minimum absolute atomic E-state index is 0.414. The molecule has 1 N–H and O–H groups in total. The molecule has 1 rings (SSSR count). The second-order valence-corrected chi connectivity index (χ2v) is 3.98. The zero-order valence-corrected chi connectivity index (χ0v) is 11.1. The number of rotatable bonds is 6. The Morgan fingerprint density at radius 2 is 1.89 bits per heavy atom. The van der Waals surface area contributed by atoms with E-state index < -0.39 is 6.10 Å². The molecule has 0 bridgehead atoms. The summed E-state index contributed by atoms with van der Waals surface area (Å²) in [5.74, 6) is 1.68. The first-order valence-electron chi connectivity index (χ1n) is 5.84. The molecule has 1 aromatic rings. The van der Waals surface area contributed by atoms with Gasteiger partial charge >= 0.3 is 0 Å². The maximum atomic E-state index is 9.25. The van der Waals surface area contributed by atoms with E-state index in [4.69, 9.17) is 9.47 Å². The number of hydrogen-bond donors (Lipinski definition) is 1. The van der Waals surface area contributed by atoms with E-state index in [0.29, 0.717) is 6.61 Å². The van der Waals surface area contributed by atoms with Crippen molar-refractivity contribution < 1.29 is 14.6 Å². The van der Waals surface area contributed by atoms with Gasteiger partial charge in [-0.2, -0.15) is 0 Å². The normalized spacial score (nSPS) is 12.4. The summed E-state index contributed by atoms with van der Waals surface area (Å²) in [6.45, 7) is 7.89. The van der Waals surface area contributed by atoms with Gasteiger partial charge in [0.05, 0.1) is 13.2 Å². The predicted molar refractivity (Wildman–Crippen MR) is 73.3 cm³/mol. The van der Waals surface area contributed by atoms with E-state index in [1.54, 1.807) is 19.3 Å². The van der Waals surface area contributed by atoms with E-state index in [-0.39, 0.29) is 0 Å². The lowest BCUT2D eigenvalue weighted by Gasteiger charge is -2.12. The Labute approximate surface area is 108 Å². The molecule has 0 amide bonds. The molecule has 0 spiro atoms. The molecule has 1 aromatic carbocycles. The van der Waals surface area contributed by atoms with E-state index in [2.05, 4.69) is 6.58 Å². The van der Waals surface area contributed by atoms with Crippen molar-refractivity contribution in [1.29, 1.82) is 0 Å². The molecular formula is C15H20O3. The van der Waals surface area contributed by atoms with Crippen molar-refractivity contribution in [3.63, 3.8) is 0 Å². The van der Waals surface area contributed by atoms with Crippen LogP contribution in [0.3, 0.4) is 0 Å². The fourth-order valence-electron chi connectivity index (χ4n) is 1.56. The second-order valence-electron chi connectivity index (χ2n) is 3.98. The van der Waals surface area contributed by atoms with Crippen molar-refractivity contribution in [3.05, 3.63) is 48.1 Å². The van der Waals surface area contributed by atoms with Gasteiger partial charge in [-0.1, -0.05) is 12.2 Å². The largest absolute Gasteiger partial charge is 0.496 e. The minimum Gasteiger partial charge on any atom is -0.496 e. The molecular weight excluding hydrogens is 228 g/mol. The van der Waals surface area contributed by atoms with Crippen LogP contribution < -0.4 is 9.47 Å². The number of ether oxygens (including phenoxy) is 2. The Kier molecular flexibility index (Phi) is 5.46. The SMILES string of the molecule is C=C[C@H](O)/C=C/COc1ccc(OC)c(C)c1C. The van der Waals surface area contributed by atoms with E-state index in [1.807, 2.05) is 26.0 Å². The third-order valence-electron chi connectivity index (χ3n) is 2.82. The molecule has 0 saturated heterocycles. The first kappa shape index (κ1) is 14.3. The van der Waals surface area contributed by atoms with Gasteiger partial charge in [0.1, 0.15) is 18.1 Å². The van der Waals surface area contributed by atoms with Crippen LogP contribution in [-0.4, -0.2) is 24.9 Å². The van der Waals surface area contributed by atoms with E-state index in [0.717, 1.165) is 22.6 Å². The summed E-state index contributed by atoms with van der Waals surface area (Å²) in [4.78, 5) is 0. The third-order valence-corrected chi connectivity index (χ3v) is 2.82. The van der Waals surface area contributed by atoms with Crippen molar-refractivity contribution in [2.75, 3.05) is 13.7 Å². The highest BCUT2D eigenvalue weighted by Gasteiger charge is 2.06. The van der Waals surface area contributed by atoms with Gasteiger partial charge in [-0.15, -0.1) is 6.58 Å². The predicted octanol–water partition coefficient (Wildman–Crippen LogP) is 2.79. The molecule has 3 heteroatoms. The topological polar surface area (TPSA) is 38.7 Å². The van der Waals surface area contributed by atoms with Crippen molar-refractivity contribution in [1.82, 2.24) is 0 Å². The van der Waals surface area contributed by atoms with Crippen molar-refractivity contribution in [2.45, 2.75) is 20.0 Å². The average molecular weight is 248 g/mol. The Morgan fingerprint density at radius 3 is 2.50 bits per heavy atom. The van der Waals surface area contributed by atoms with Gasteiger partial charge in [-0.05, 0) is 43.2 Å². The molecule has 0 aliphatic rings. The standard InChI is InChI=1S/C15H20O3/c1-5-13(16)7-6-10-18-15-9-8-14(17-4)11(2)12(15)3/h5-9,13,16H,1,10H2,2-4H3/b7-6+/t13-/m0/s1. The molecule has 0 aliphatic carbocycles. The van der Waals surface area contributed by atoms with Gasteiger partial charge < -0.3 is 14.6 Å². The number of aliphatic hydroxyl groups excluding tert-OH is 1. The Hall–Kier alpha value is -1.74. The number of methoxy groups -OCH3 is 1. The molecule has 18 heavy (non-hydrogen) atoms. The fourth-order valence-corrected chi connectivity index (χ4v) is 1.56. The number of hydrogen-bond acceptors (Lipinski definition) is 3. The molecule has 98 valence electrons. The number of benzene rings is 1. The second kappa shape index (κ2) is 6.87. The van der Waals surface area contributed by atoms with Gasteiger partial charge in [0.15, 0.2) is 0 Å². The summed E-state index contributed by atoms with van der Waals surface area (Å²) in [6.07, 6.45) is 4.25. The molecule has 0 unspecified atom stereocenters. The summed E-state index contributed by atoms with van der Waals surface area (Å²) in [5.41, 5.74) is 2.14. The van der Waals surface area contributed by atoms with Crippen LogP contribution in [0.4, 0.5) is 0 Å². The molecule has 0 aliphatic heterocycles. The van der Waals surface area contributed by atoms with Crippen molar-refractivity contribution >= 4 is 0 Å². The Bertz CT molecular complexity index is 436. The summed E-state index contributed by atoms with van der Waals surface area (Å²) < 4.78 is 10.9. The van der Waals surface area contributed by atoms with Gasteiger partial charge in [0.25, 0.3) is 0 Å². The van der Waals surface area contributed by atoms with Gasteiger partial charge in [-0.3, -0.25) is 0 Å². The summed E-state index contributed by atoms with van der Waals surface area (Å²) >= 11 is 0. The molecule has 1 atom stereocenters. The van der Waals surface area contributed by atoms with E-state index in [9.17, 15) is 5.11 Å². The zero-order valence-electron chi connectivity index (χ0n) is 11.1. The first-order valence-corrected chi connectivity index (χ1v) is 5.84. The molecule has 0 radical (unpaired) electrons. The van der Waals surface area contributed by atoms with Crippen LogP contribution in [0.1, 0.15) is 11.1 Å². The molecule has 0 fully saturated rings. The van der Waals surface area contributed by atoms with Crippen LogP contribution in [0.15, 0.2) is 36.9 Å². The summed E-state index contributed by atoms with van der Waals surface area (Å²) in [5, 5.41) is 9.25. The molecule has 0 heterocycles. The lowest BCUT2D eigenvalue weighted by atomic mass is 10.1. The lowest BCUT2D eigenvalue weighted by Crippen LogP contribution is -2.00. The third kappa shape index (κ3) is 3.64. The Balaban J connectivity index is 2.66. The highest BCUT2D eigenvalue weighted by molar-refractivity contribution is 5.47. The summed E-state index contributed by atoms with van der Waals surface area (Å²) in [7, 11) is 1.65. The van der Waals surface area contributed by atoms with Crippen LogP contribution in [0.2, 0.25) is 0 Å². The van der Waals surface area contributed by atoms with E-state index in [1.165, 1.54) is 6.08 Å². The van der Waals surface area contributed by atoms with Gasteiger partial charge in [0, 0.05) is 0 Å². The van der Waals surface area contributed by atoms with Crippen LogP contribution in [-0.2, 0) is 0 Å². The quantitative estimate of drug-likeness (QED) is 0.787. The highest BCUT2D eigenvalue weighted by atomic mass is 16.5. The van der Waals surface area contributed by atoms with Crippen molar-refractivity contribution in [3.8, 4) is 11.5 Å². The Morgan fingerprint density at radius 1 is 1.28 bits per heavy atom. The molecule has 3 nitrogen and oxygen atoms in total. The van der Waals surface area contributed by atoms with Crippen LogP contribution >= 0.6 is 0 Å². The maximum absolute atomic E-state index is 9.25. The van der Waals surface area contributed by atoms with E-state index >= 15 is 0 Å². The van der Waals surface area contributed by atoms with Crippen LogP contribution in [0.5, 0.6) is 11.5 Å². The monoisotopic (exact) mass is 248 g/mol. The smallest absolute Gasteiger partial charge is 0.123 e. The number of aliphatic hydroxyl groups is 1. The fraction of sp³-hybridized carbons (Fsp3) is 0.333. The zero-order chi connectivity index (χ0) is 13.5. The first-order chi connectivity index (χ1) is 8.60. The van der Waals surface area contributed by atoms with Crippen LogP contribution in [0, 0.1) is 13.8 Å². The van der Waals surface area contributed by atoms with Gasteiger partial charge in [-0.25, -0.2) is 0 Å². The highest BCUT2D eigenvalue weighted by Crippen LogP contribution is 2.28. The molecule has 0 saturated carbocycles. The van der Waals surface area contributed by atoms with Gasteiger partial charge in [0.2, 0.25) is 0 Å². The molecule has 0 aromatic heterocycles. The van der Waals surface area contributed by atoms with Crippen LogP contribution in [0.25, 0.3) is 0 Å². The maximum Gasteiger partial charge on any atom is 0.123 e. The summed E-state index contributed by atoms with van der Waals surface area (Å²) in [6, 6.07) is 3.78. The lowest BCUT2D eigenvalue weighted by molar-refractivity contribution is 0.270. The van der Waals surface area contributed by atoms with Crippen molar-refractivity contribution in [2.24, 2.45) is 0 Å². The minimum atomic E-state index is -0.618.